The van der Waals surface area contributed by atoms with Crippen LogP contribution >= 0.6 is 15.9 Å². The summed E-state index contributed by atoms with van der Waals surface area (Å²) in [4.78, 5) is 0. The van der Waals surface area contributed by atoms with Crippen molar-refractivity contribution in [3.8, 4) is 0 Å². The zero-order valence-electron chi connectivity index (χ0n) is 12.0. The van der Waals surface area contributed by atoms with Gasteiger partial charge in [0.1, 0.15) is 0 Å². The summed E-state index contributed by atoms with van der Waals surface area (Å²) in [6.07, 6.45) is 1.15. The van der Waals surface area contributed by atoms with Crippen molar-refractivity contribution in [1.29, 1.82) is 0 Å². The summed E-state index contributed by atoms with van der Waals surface area (Å²) < 4.78 is 1.13. The fourth-order valence-electron chi connectivity index (χ4n) is 3.20. The predicted molar refractivity (Wildman–Crippen MR) is 87.6 cm³/mol. The topological polar surface area (TPSA) is 12.0 Å². The second-order valence-electron chi connectivity index (χ2n) is 6.30. The molecule has 1 unspecified atom stereocenters. The first-order valence-corrected chi connectivity index (χ1v) is 7.91. The van der Waals surface area contributed by atoms with E-state index in [2.05, 4.69) is 83.6 Å². The first-order valence-electron chi connectivity index (χ1n) is 7.12. The molecule has 0 saturated heterocycles. The van der Waals surface area contributed by atoms with Gasteiger partial charge in [-0.15, -0.1) is 0 Å². The summed E-state index contributed by atoms with van der Waals surface area (Å²) in [7, 11) is 0. The highest BCUT2D eigenvalue weighted by Crippen LogP contribution is 2.45. The Labute approximate surface area is 129 Å². The smallest absolute Gasteiger partial charge is 0.0380 e. The fourth-order valence-corrected chi connectivity index (χ4v) is 3.46. The summed E-state index contributed by atoms with van der Waals surface area (Å²) >= 11 is 3.48. The minimum atomic E-state index is 0.277. The molecule has 2 aromatic rings. The van der Waals surface area contributed by atoms with Gasteiger partial charge in [0.05, 0.1) is 0 Å². The van der Waals surface area contributed by atoms with Crippen molar-refractivity contribution < 1.29 is 0 Å². The quantitative estimate of drug-likeness (QED) is 0.847. The highest BCUT2D eigenvalue weighted by molar-refractivity contribution is 9.10. The molecule has 2 aromatic carbocycles. The molecule has 0 heterocycles. The lowest BCUT2D eigenvalue weighted by molar-refractivity contribution is 0.268. The minimum Gasteiger partial charge on any atom is -0.305 e. The van der Waals surface area contributed by atoms with Gasteiger partial charge in [-0.2, -0.15) is 0 Å². The number of nitrogens with one attached hydrogen (secondary N) is 1. The second kappa shape index (κ2) is 5.34. The Morgan fingerprint density at radius 1 is 1.10 bits per heavy atom. The van der Waals surface area contributed by atoms with E-state index in [1.807, 2.05) is 0 Å². The molecule has 0 saturated carbocycles. The standard InChI is InChI=1S/C18H20BrN/c1-18(2)11-14-5-3-4-6-16(14)17(18)20-12-13-7-9-15(19)10-8-13/h3-10,17,20H,11-12H2,1-2H3. The number of hydrogen-bond acceptors (Lipinski definition) is 1. The zero-order valence-corrected chi connectivity index (χ0v) is 13.6. The van der Waals surface area contributed by atoms with Gasteiger partial charge in [-0.25, -0.2) is 0 Å². The number of hydrogen-bond donors (Lipinski definition) is 1. The molecule has 104 valence electrons. The monoisotopic (exact) mass is 329 g/mol. The fraction of sp³-hybridized carbons (Fsp3) is 0.333. The van der Waals surface area contributed by atoms with E-state index >= 15 is 0 Å². The van der Waals surface area contributed by atoms with E-state index in [1.165, 1.54) is 16.7 Å². The van der Waals surface area contributed by atoms with Crippen molar-refractivity contribution in [2.75, 3.05) is 0 Å². The van der Waals surface area contributed by atoms with Gasteiger partial charge in [-0.3, -0.25) is 0 Å². The molecule has 0 aromatic heterocycles. The first-order chi connectivity index (χ1) is 9.56. The third-order valence-corrected chi connectivity index (χ3v) is 4.75. The van der Waals surface area contributed by atoms with E-state index in [1.54, 1.807) is 0 Å². The summed E-state index contributed by atoms with van der Waals surface area (Å²) in [5.41, 5.74) is 4.56. The predicted octanol–water partition coefficient (Wildman–Crippen LogP) is 4.86. The number of benzene rings is 2. The third-order valence-electron chi connectivity index (χ3n) is 4.22. The van der Waals surface area contributed by atoms with Crippen LogP contribution in [0.15, 0.2) is 53.0 Å². The molecule has 1 aliphatic rings. The molecule has 0 radical (unpaired) electrons. The van der Waals surface area contributed by atoms with E-state index in [0.717, 1.165) is 17.4 Å². The minimum absolute atomic E-state index is 0.277. The van der Waals surface area contributed by atoms with Crippen molar-refractivity contribution in [2.24, 2.45) is 5.41 Å². The first kappa shape index (κ1) is 13.8. The maximum Gasteiger partial charge on any atom is 0.0380 e. The van der Waals surface area contributed by atoms with Crippen LogP contribution in [0.25, 0.3) is 0 Å². The molecule has 1 nitrogen and oxygen atoms in total. The molecule has 3 rings (SSSR count). The van der Waals surface area contributed by atoms with Gasteiger partial charge >= 0.3 is 0 Å². The lowest BCUT2D eigenvalue weighted by Gasteiger charge is -2.28. The molecule has 20 heavy (non-hydrogen) atoms. The Kier molecular flexibility index (Phi) is 3.70. The van der Waals surface area contributed by atoms with Crippen LogP contribution in [-0.4, -0.2) is 0 Å². The molecule has 1 aliphatic carbocycles. The molecule has 1 atom stereocenters. The summed E-state index contributed by atoms with van der Waals surface area (Å²) in [5, 5.41) is 3.75. The zero-order chi connectivity index (χ0) is 14.2. The van der Waals surface area contributed by atoms with Gasteiger partial charge < -0.3 is 5.32 Å². The van der Waals surface area contributed by atoms with E-state index in [-0.39, 0.29) is 5.41 Å². The molecule has 0 amide bonds. The maximum absolute atomic E-state index is 3.75. The van der Waals surface area contributed by atoms with Crippen LogP contribution in [-0.2, 0) is 13.0 Å². The van der Waals surface area contributed by atoms with E-state index in [4.69, 9.17) is 0 Å². The number of rotatable bonds is 3. The second-order valence-corrected chi connectivity index (χ2v) is 7.22. The van der Waals surface area contributed by atoms with Crippen LogP contribution in [0, 0.1) is 5.41 Å². The number of halogens is 1. The Hall–Kier alpha value is -1.12. The Morgan fingerprint density at radius 2 is 1.80 bits per heavy atom. The Morgan fingerprint density at radius 3 is 2.55 bits per heavy atom. The van der Waals surface area contributed by atoms with Crippen LogP contribution in [0.4, 0.5) is 0 Å². The van der Waals surface area contributed by atoms with Gasteiger partial charge in [0, 0.05) is 17.1 Å². The van der Waals surface area contributed by atoms with Crippen LogP contribution < -0.4 is 5.32 Å². The molecule has 0 fully saturated rings. The van der Waals surface area contributed by atoms with E-state index in [0.29, 0.717) is 6.04 Å². The van der Waals surface area contributed by atoms with Gasteiger partial charge in [0.2, 0.25) is 0 Å². The summed E-state index contributed by atoms with van der Waals surface area (Å²) in [6, 6.07) is 17.8. The highest BCUT2D eigenvalue weighted by Gasteiger charge is 2.38. The maximum atomic E-state index is 3.75. The average molecular weight is 330 g/mol. The van der Waals surface area contributed by atoms with Crippen molar-refractivity contribution in [3.63, 3.8) is 0 Å². The van der Waals surface area contributed by atoms with Crippen LogP contribution in [0.2, 0.25) is 0 Å². The summed E-state index contributed by atoms with van der Waals surface area (Å²) in [6.45, 7) is 5.62. The molecule has 2 heteroatoms. The Bertz CT molecular complexity index is 601. The normalized spacial score (nSPS) is 19.9. The van der Waals surface area contributed by atoms with Crippen molar-refractivity contribution in [2.45, 2.75) is 32.9 Å². The average Bonchev–Trinajstić information content (AvgIpc) is 2.68. The number of fused-ring (bicyclic) bond motifs is 1. The van der Waals surface area contributed by atoms with Crippen molar-refractivity contribution >= 4 is 15.9 Å². The highest BCUT2D eigenvalue weighted by atomic mass is 79.9. The molecular weight excluding hydrogens is 310 g/mol. The molecular formula is C18H20BrN. The summed E-state index contributed by atoms with van der Waals surface area (Å²) in [5.74, 6) is 0. The Balaban J connectivity index is 1.78. The van der Waals surface area contributed by atoms with Crippen LogP contribution in [0.5, 0.6) is 0 Å². The third kappa shape index (κ3) is 2.68. The van der Waals surface area contributed by atoms with E-state index in [9.17, 15) is 0 Å². The van der Waals surface area contributed by atoms with Crippen LogP contribution in [0.1, 0.15) is 36.6 Å². The van der Waals surface area contributed by atoms with Gasteiger partial charge in [0.15, 0.2) is 0 Å². The van der Waals surface area contributed by atoms with Crippen molar-refractivity contribution in [1.82, 2.24) is 5.32 Å². The SMILES string of the molecule is CC1(C)Cc2ccccc2C1NCc1ccc(Br)cc1. The lowest BCUT2D eigenvalue weighted by atomic mass is 9.85. The van der Waals surface area contributed by atoms with Crippen molar-refractivity contribution in [3.05, 3.63) is 69.7 Å². The van der Waals surface area contributed by atoms with E-state index < -0.39 is 0 Å². The lowest BCUT2D eigenvalue weighted by Crippen LogP contribution is -2.30. The molecule has 0 spiro atoms. The van der Waals surface area contributed by atoms with Crippen LogP contribution in [0.3, 0.4) is 0 Å². The van der Waals surface area contributed by atoms with Gasteiger partial charge in [-0.1, -0.05) is 66.2 Å². The molecule has 0 bridgehead atoms. The largest absolute Gasteiger partial charge is 0.305 e. The van der Waals surface area contributed by atoms with Gasteiger partial charge in [-0.05, 0) is 40.7 Å². The molecule has 1 N–H and O–H groups in total. The molecule has 0 aliphatic heterocycles. The van der Waals surface area contributed by atoms with Gasteiger partial charge in [0.25, 0.3) is 0 Å².